The van der Waals surface area contributed by atoms with Crippen LogP contribution in [-0.2, 0) is 5.54 Å². The summed E-state index contributed by atoms with van der Waals surface area (Å²) in [6.45, 7) is 6.16. The van der Waals surface area contributed by atoms with Crippen molar-refractivity contribution in [3.8, 4) is 11.3 Å². The number of rotatable bonds is 3. The molecule has 2 aromatic heterocycles. The molecule has 1 N–H and O–H groups in total. The van der Waals surface area contributed by atoms with E-state index in [1.165, 1.54) is 0 Å². The van der Waals surface area contributed by atoms with E-state index in [0.717, 1.165) is 10.9 Å². The number of nitrogens with zero attached hydrogens (tertiary/aromatic N) is 3. The lowest BCUT2D eigenvalue weighted by atomic mass is 10.1. The predicted molar refractivity (Wildman–Crippen MR) is 105 cm³/mol. The van der Waals surface area contributed by atoms with Gasteiger partial charge in [0.15, 0.2) is 5.76 Å². The third-order valence-electron chi connectivity index (χ3n) is 4.30. The van der Waals surface area contributed by atoms with Crippen LogP contribution >= 0.6 is 0 Å². The SMILES string of the molecule is CC(C)(C)n1cc(NC(=O)c2ccc3noc(-c4ccccc4)c3c2)cn1. The number of amides is 1. The molecule has 2 heterocycles. The van der Waals surface area contributed by atoms with E-state index in [-0.39, 0.29) is 11.4 Å². The summed E-state index contributed by atoms with van der Waals surface area (Å²) in [5.74, 6) is 0.450. The van der Waals surface area contributed by atoms with Crippen molar-refractivity contribution in [2.75, 3.05) is 5.32 Å². The maximum Gasteiger partial charge on any atom is 0.255 e. The van der Waals surface area contributed by atoms with Crippen molar-refractivity contribution in [2.24, 2.45) is 0 Å². The number of anilines is 1. The van der Waals surface area contributed by atoms with Crippen LogP contribution in [-0.4, -0.2) is 20.8 Å². The number of fused-ring (bicyclic) bond motifs is 1. The minimum absolute atomic E-state index is 0.144. The minimum atomic E-state index is -0.203. The summed E-state index contributed by atoms with van der Waals surface area (Å²) < 4.78 is 7.32. The average molecular weight is 360 g/mol. The number of benzene rings is 2. The molecule has 0 aliphatic heterocycles. The van der Waals surface area contributed by atoms with Gasteiger partial charge >= 0.3 is 0 Å². The van der Waals surface area contributed by atoms with Crippen LogP contribution in [0.2, 0.25) is 0 Å². The van der Waals surface area contributed by atoms with Crippen molar-refractivity contribution in [3.05, 3.63) is 66.5 Å². The summed E-state index contributed by atoms with van der Waals surface area (Å²) in [6.07, 6.45) is 3.47. The van der Waals surface area contributed by atoms with Gasteiger partial charge in [-0.25, -0.2) is 0 Å². The molecule has 27 heavy (non-hydrogen) atoms. The molecule has 0 fully saturated rings. The molecule has 0 bridgehead atoms. The zero-order valence-corrected chi connectivity index (χ0v) is 15.4. The van der Waals surface area contributed by atoms with Crippen LogP contribution in [0, 0.1) is 0 Å². The van der Waals surface area contributed by atoms with Crippen LogP contribution < -0.4 is 5.32 Å². The zero-order valence-electron chi connectivity index (χ0n) is 15.4. The molecule has 0 unspecified atom stereocenters. The van der Waals surface area contributed by atoms with Crippen LogP contribution in [0.15, 0.2) is 65.4 Å². The molecule has 0 atom stereocenters. The maximum atomic E-state index is 12.7. The van der Waals surface area contributed by atoms with Crippen molar-refractivity contribution in [1.29, 1.82) is 0 Å². The summed E-state index contributed by atoms with van der Waals surface area (Å²) >= 11 is 0. The van der Waals surface area contributed by atoms with Crippen molar-refractivity contribution < 1.29 is 9.32 Å². The first-order chi connectivity index (χ1) is 12.9. The van der Waals surface area contributed by atoms with Crippen LogP contribution in [0.5, 0.6) is 0 Å². The number of aromatic nitrogens is 3. The lowest BCUT2D eigenvalue weighted by Gasteiger charge is -2.18. The summed E-state index contributed by atoms with van der Waals surface area (Å²) in [4.78, 5) is 12.7. The van der Waals surface area contributed by atoms with Gasteiger partial charge in [-0.1, -0.05) is 35.5 Å². The summed E-state index contributed by atoms with van der Waals surface area (Å²) in [5, 5.41) is 12.1. The normalized spacial score (nSPS) is 11.7. The van der Waals surface area contributed by atoms with E-state index in [1.54, 1.807) is 24.4 Å². The van der Waals surface area contributed by atoms with E-state index < -0.39 is 0 Å². The minimum Gasteiger partial charge on any atom is -0.355 e. The number of carbonyl (C=O) groups excluding carboxylic acids is 1. The molecule has 136 valence electrons. The van der Waals surface area contributed by atoms with Gasteiger partial charge in [-0.2, -0.15) is 5.10 Å². The molecule has 0 aliphatic carbocycles. The lowest BCUT2D eigenvalue weighted by molar-refractivity contribution is 0.102. The first-order valence-electron chi connectivity index (χ1n) is 8.73. The topological polar surface area (TPSA) is 73.0 Å². The Kier molecular flexibility index (Phi) is 4.03. The number of carbonyl (C=O) groups is 1. The van der Waals surface area contributed by atoms with Gasteiger partial charge in [0.25, 0.3) is 5.91 Å². The summed E-state index contributed by atoms with van der Waals surface area (Å²) in [7, 11) is 0. The van der Waals surface area contributed by atoms with Crippen LogP contribution in [0.4, 0.5) is 5.69 Å². The van der Waals surface area contributed by atoms with Crippen molar-refractivity contribution >= 4 is 22.5 Å². The Bertz CT molecular complexity index is 1100. The van der Waals surface area contributed by atoms with Gasteiger partial charge in [-0.3, -0.25) is 9.48 Å². The summed E-state index contributed by atoms with van der Waals surface area (Å²) in [6, 6.07) is 15.1. The molecule has 0 aliphatic rings. The fourth-order valence-electron chi connectivity index (χ4n) is 2.84. The van der Waals surface area contributed by atoms with Crippen molar-refractivity contribution in [3.63, 3.8) is 0 Å². The lowest BCUT2D eigenvalue weighted by Crippen LogP contribution is -2.22. The van der Waals surface area contributed by atoms with E-state index >= 15 is 0 Å². The molecular weight excluding hydrogens is 340 g/mol. The predicted octanol–water partition coefficient (Wildman–Crippen LogP) is 4.70. The highest BCUT2D eigenvalue weighted by Crippen LogP contribution is 2.29. The smallest absolute Gasteiger partial charge is 0.255 e. The highest BCUT2D eigenvalue weighted by Gasteiger charge is 2.17. The highest BCUT2D eigenvalue weighted by molar-refractivity contribution is 6.07. The molecule has 4 aromatic rings. The van der Waals surface area contributed by atoms with E-state index in [2.05, 4.69) is 36.3 Å². The largest absolute Gasteiger partial charge is 0.355 e. The maximum absolute atomic E-state index is 12.7. The first kappa shape index (κ1) is 17.0. The molecule has 1 amide bonds. The fraction of sp³-hybridized carbons (Fsp3) is 0.190. The third kappa shape index (κ3) is 3.33. The molecule has 0 saturated carbocycles. The Balaban J connectivity index is 1.64. The number of hydrogen-bond acceptors (Lipinski definition) is 4. The van der Waals surface area contributed by atoms with E-state index in [9.17, 15) is 4.79 Å². The first-order valence-corrected chi connectivity index (χ1v) is 8.73. The zero-order chi connectivity index (χ0) is 19.0. The van der Waals surface area contributed by atoms with Gasteiger partial charge < -0.3 is 9.84 Å². The molecule has 0 spiro atoms. The second-order valence-electron chi connectivity index (χ2n) is 7.41. The second-order valence-corrected chi connectivity index (χ2v) is 7.41. The van der Waals surface area contributed by atoms with Crippen molar-refractivity contribution in [2.45, 2.75) is 26.3 Å². The van der Waals surface area contributed by atoms with Gasteiger partial charge in [0.05, 0.1) is 22.8 Å². The molecule has 4 rings (SSSR count). The Labute approximate surface area is 156 Å². The number of hydrogen-bond donors (Lipinski definition) is 1. The Morgan fingerprint density at radius 1 is 1.11 bits per heavy atom. The van der Waals surface area contributed by atoms with Crippen LogP contribution in [0.3, 0.4) is 0 Å². The Morgan fingerprint density at radius 2 is 1.89 bits per heavy atom. The quantitative estimate of drug-likeness (QED) is 0.575. The van der Waals surface area contributed by atoms with Crippen molar-refractivity contribution in [1.82, 2.24) is 14.9 Å². The Hall–Kier alpha value is -3.41. The molecular formula is C21H20N4O2. The Morgan fingerprint density at radius 3 is 2.59 bits per heavy atom. The standard InChI is InChI=1S/C21H20N4O2/c1-21(2,3)25-13-16(12-22-25)23-20(26)15-9-10-18-17(11-15)19(27-24-18)14-7-5-4-6-8-14/h4-13H,1-3H3,(H,23,26). The monoisotopic (exact) mass is 360 g/mol. The van der Waals surface area contributed by atoms with Gasteiger partial charge in [-0.05, 0) is 39.0 Å². The van der Waals surface area contributed by atoms with E-state index in [0.29, 0.717) is 22.5 Å². The molecule has 0 saturated heterocycles. The van der Waals surface area contributed by atoms with E-state index in [1.807, 2.05) is 41.2 Å². The average Bonchev–Trinajstić information content (AvgIpc) is 3.28. The van der Waals surface area contributed by atoms with Gasteiger partial charge in [0.1, 0.15) is 5.52 Å². The molecule has 0 radical (unpaired) electrons. The van der Waals surface area contributed by atoms with Crippen LogP contribution in [0.1, 0.15) is 31.1 Å². The third-order valence-corrected chi connectivity index (χ3v) is 4.30. The van der Waals surface area contributed by atoms with Gasteiger partial charge in [0, 0.05) is 17.3 Å². The van der Waals surface area contributed by atoms with Gasteiger partial charge in [-0.15, -0.1) is 0 Å². The van der Waals surface area contributed by atoms with Gasteiger partial charge in [0.2, 0.25) is 0 Å². The molecule has 6 heteroatoms. The van der Waals surface area contributed by atoms with Crippen LogP contribution in [0.25, 0.3) is 22.2 Å². The highest BCUT2D eigenvalue weighted by atomic mass is 16.5. The fourth-order valence-corrected chi connectivity index (χ4v) is 2.84. The number of nitrogens with one attached hydrogen (secondary N) is 1. The molecule has 2 aromatic carbocycles. The second kappa shape index (κ2) is 6.39. The molecule has 6 nitrogen and oxygen atoms in total. The summed E-state index contributed by atoms with van der Waals surface area (Å²) in [5.41, 5.74) is 2.68. The van der Waals surface area contributed by atoms with E-state index in [4.69, 9.17) is 4.52 Å².